The number of benzene rings is 3. The molecule has 0 saturated carbocycles. The van der Waals surface area contributed by atoms with Gasteiger partial charge in [0.1, 0.15) is 5.56 Å². The summed E-state index contributed by atoms with van der Waals surface area (Å²) in [5.74, 6) is -1.62. The number of carboxylic acid groups (broad SMARTS) is 1. The molecule has 0 fully saturated rings. The molecule has 1 heterocycles. The van der Waals surface area contributed by atoms with Crippen LogP contribution in [0.25, 0.3) is 16.5 Å². The second-order valence-electron chi connectivity index (χ2n) is 6.44. The van der Waals surface area contributed by atoms with E-state index >= 15 is 0 Å². The van der Waals surface area contributed by atoms with Crippen LogP contribution in [-0.2, 0) is 0 Å². The van der Waals surface area contributed by atoms with E-state index in [1.807, 2.05) is 24.3 Å². The molecule has 0 spiro atoms. The third-order valence-corrected chi connectivity index (χ3v) is 4.59. The molecule has 1 aromatic heterocycles. The van der Waals surface area contributed by atoms with Crippen molar-refractivity contribution in [1.29, 1.82) is 0 Å². The number of hydrogen-bond donors (Lipinski definition) is 3. The molecule has 0 aliphatic rings. The summed E-state index contributed by atoms with van der Waals surface area (Å²) in [7, 11) is 0. The van der Waals surface area contributed by atoms with Gasteiger partial charge in [-0.2, -0.15) is 0 Å². The minimum Gasteiger partial charge on any atom is -0.493 e. The number of hydrogen-bond acceptors (Lipinski definition) is 5. The van der Waals surface area contributed by atoms with Crippen molar-refractivity contribution in [2.75, 3.05) is 0 Å². The highest BCUT2D eigenvalue weighted by molar-refractivity contribution is 5.91. The summed E-state index contributed by atoms with van der Waals surface area (Å²) in [5.41, 5.74) is -0.894. The number of carboxylic acids is 1. The Morgan fingerprint density at radius 1 is 0.967 bits per heavy atom. The van der Waals surface area contributed by atoms with Gasteiger partial charge in [-0.25, -0.2) is 14.2 Å². The first-order chi connectivity index (χ1) is 14.5. The van der Waals surface area contributed by atoms with Crippen molar-refractivity contribution in [2.45, 2.75) is 0 Å². The lowest BCUT2D eigenvalue weighted by molar-refractivity contribution is 0.0697. The molecule has 3 N–H and O–H groups in total. The van der Waals surface area contributed by atoms with Crippen LogP contribution in [0.5, 0.6) is 5.88 Å². The summed E-state index contributed by atoms with van der Waals surface area (Å²) >= 11 is 0. The average Bonchev–Trinajstić information content (AvgIpc) is 2.74. The summed E-state index contributed by atoms with van der Waals surface area (Å²) in [4.78, 5) is 42.0. The number of aromatic amines is 1. The Morgan fingerprint density at radius 2 is 1.67 bits per heavy atom. The minimum absolute atomic E-state index is 0.0964. The maximum Gasteiger partial charge on any atom is 0.335 e. The van der Waals surface area contributed by atoms with Crippen LogP contribution in [0, 0.1) is 0 Å². The Morgan fingerprint density at radius 3 is 2.40 bits per heavy atom. The molecule has 4 rings (SSSR count). The van der Waals surface area contributed by atoms with Gasteiger partial charge in [0, 0.05) is 11.6 Å². The number of aromatic nitrogens is 2. The Kier molecular flexibility index (Phi) is 4.73. The van der Waals surface area contributed by atoms with Gasteiger partial charge in [0.25, 0.3) is 5.56 Å². The third-order valence-electron chi connectivity index (χ3n) is 4.59. The third kappa shape index (κ3) is 3.37. The molecule has 0 atom stereocenters. The summed E-state index contributed by atoms with van der Waals surface area (Å²) in [5, 5.41) is 21.3. The molecular weight excluding hydrogens is 386 g/mol. The van der Waals surface area contributed by atoms with Gasteiger partial charge in [-0.05, 0) is 35.7 Å². The zero-order valence-electron chi connectivity index (χ0n) is 15.4. The number of fused-ring (bicyclic) bond motifs is 1. The maximum absolute atomic E-state index is 12.5. The summed E-state index contributed by atoms with van der Waals surface area (Å²) in [6.07, 6.45) is 1.13. The molecule has 30 heavy (non-hydrogen) atoms. The molecule has 3 aromatic carbocycles. The van der Waals surface area contributed by atoms with Crippen LogP contribution in [0.3, 0.4) is 0 Å². The van der Waals surface area contributed by atoms with Crippen molar-refractivity contribution in [3.63, 3.8) is 0 Å². The van der Waals surface area contributed by atoms with Crippen molar-refractivity contribution in [3.8, 4) is 11.6 Å². The van der Waals surface area contributed by atoms with Crippen LogP contribution in [0.2, 0.25) is 0 Å². The topological polar surface area (TPSA) is 125 Å². The molecule has 4 aromatic rings. The van der Waals surface area contributed by atoms with Gasteiger partial charge in [-0.1, -0.05) is 36.4 Å². The predicted octanol–water partition coefficient (Wildman–Crippen LogP) is 2.83. The van der Waals surface area contributed by atoms with Gasteiger partial charge in [0.05, 0.1) is 16.9 Å². The Hall–Kier alpha value is -4.46. The summed E-state index contributed by atoms with van der Waals surface area (Å²) in [6.45, 7) is 0. The molecule has 0 amide bonds. The molecule has 0 saturated heterocycles. The summed E-state index contributed by atoms with van der Waals surface area (Å²) < 4.78 is 1.01. The van der Waals surface area contributed by atoms with Crippen molar-refractivity contribution in [2.24, 2.45) is 4.99 Å². The lowest BCUT2D eigenvalue weighted by atomic mass is 10.1. The largest absolute Gasteiger partial charge is 0.493 e. The quantitative estimate of drug-likeness (QED) is 0.454. The van der Waals surface area contributed by atoms with Crippen molar-refractivity contribution in [3.05, 3.63) is 98.7 Å². The first-order valence-electron chi connectivity index (χ1n) is 8.89. The van der Waals surface area contributed by atoms with E-state index in [4.69, 9.17) is 5.11 Å². The van der Waals surface area contributed by atoms with Crippen LogP contribution < -0.4 is 11.2 Å². The highest BCUT2D eigenvalue weighted by Gasteiger charge is 2.16. The Labute approximate surface area is 169 Å². The van der Waals surface area contributed by atoms with Crippen LogP contribution in [0.1, 0.15) is 15.9 Å². The van der Waals surface area contributed by atoms with E-state index in [9.17, 15) is 19.5 Å². The zero-order valence-corrected chi connectivity index (χ0v) is 15.4. The van der Waals surface area contributed by atoms with Gasteiger partial charge in [0.15, 0.2) is 0 Å². The van der Waals surface area contributed by atoms with E-state index in [1.165, 1.54) is 24.3 Å². The predicted molar refractivity (Wildman–Crippen MR) is 112 cm³/mol. The van der Waals surface area contributed by atoms with Gasteiger partial charge in [-0.15, -0.1) is 0 Å². The normalized spacial score (nSPS) is 11.2. The SMILES string of the molecule is O=C(O)c1ccc(N=Cc2c(O)n(-c3cccc4ccccc34)c(=O)[nH]c2=O)cc1. The lowest BCUT2D eigenvalue weighted by Gasteiger charge is -2.12. The van der Waals surface area contributed by atoms with E-state index in [1.54, 1.807) is 18.2 Å². The van der Waals surface area contributed by atoms with E-state index in [2.05, 4.69) is 9.98 Å². The van der Waals surface area contributed by atoms with E-state index in [-0.39, 0.29) is 11.1 Å². The molecule has 0 radical (unpaired) electrons. The highest BCUT2D eigenvalue weighted by Crippen LogP contribution is 2.24. The van der Waals surface area contributed by atoms with Crippen molar-refractivity contribution < 1.29 is 15.0 Å². The van der Waals surface area contributed by atoms with E-state index in [0.717, 1.165) is 21.6 Å². The fourth-order valence-corrected chi connectivity index (χ4v) is 3.11. The second kappa shape index (κ2) is 7.51. The number of aromatic hydroxyl groups is 1. The highest BCUT2D eigenvalue weighted by atomic mass is 16.4. The first kappa shape index (κ1) is 18.9. The van der Waals surface area contributed by atoms with Gasteiger partial charge >= 0.3 is 11.7 Å². The number of H-pyrrole nitrogens is 1. The average molecular weight is 401 g/mol. The number of aliphatic imine (C=N–C) groups is 1. The fourth-order valence-electron chi connectivity index (χ4n) is 3.11. The molecule has 8 nitrogen and oxygen atoms in total. The zero-order chi connectivity index (χ0) is 21.3. The number of rotatable bonds is 4. The molecule has 0 bridgehead atoms. The summed E-state index contributed by atoms with van der Waals surface area (Å²) in [6, 6.07) is 18.3. The number of nitrogens with one attached hydrogen (secondary N) is 1. The van der Waals surface area contributed by atoms with Crippen LogP contribution in [0.15, 0.2) is 81.3 Å². The first-order valence-corrected chi connectivity index (χ1v) is 8.89. The van der Waals surface area contributed by atoms with E-state index < -0.39 is 23.1 Å². The molecule has 8 heteroatoms. The van der Waals surface area contributed by atoms with Crippen LogP contribution >= 0.6 is 0 Å². The number of aromatic carboxylic acids is 1. The standard InChI is InChI=1S/C22H15N3O5/c26-19-17(12-23-15-10-8-14(9-11-15)21(28)29)20(27)25(22(30)24-19)18-7-3-5-13-4-1-2-6-16(13)18/h1-12,27H,(H,28,29)(H,24,26,30). The monoisotopic (exact) mass is 401 g/mol. The minimum atomic E-state index is -1.07. The van der Waals surface area contributed by atoms with Crippen LogP contribution in [-0.4, -0.2) is 31.9 Å². The molecular formula is C22H15N3O5. The van der Waals surface area contributed by atoms with Crippen LogP contribution in [0.4, 0.5) is 5.69 Å². The molecule has 148 valence electrons. The number of carbonyl (C=O) groups is 1. The molecule has 0 unspecified atom stereocenters. The fraction of sp³-hybridized carbons (Fsp3) is 0. The van der Waals surface area contributed by atoms with Crippen molar-refractivity contribution in [1.82, 2.24) is 9.55 Å². The van der Waals surface area contributed by atoms with Gasteiger partial charge in [0.2, 0.25) is 5.88 Å². The molecule has 0 aliphatic carbocycles. The Bertz CT molecular complexity index is 1410. The second-order valence-corrected chi connectivity index (χ2v) is 6.44. The van der Waals surface area contributed by atoms with Gasteiger partial charge < -0.3 is 10.2 Å². The maximum atomic E-state index is 12.5. The Balaban J connectivity index is 1.84. The van der Waals surface area contributed by atoms with E-state index in [0.29, 0.717) is 11.4 Å². The van der Waals surface area contributed by atoms with Gasteiger partial charge in [-0.3, -0.25) is 14.8 Å². The number of nitrogens with zero attached hydrogens (tertiary/aromatic N) is 2. The molecule has 0 aliphatic heterocycles. The lowest BCUT2D eigenvalue weighted by Crippen LogP contribution is -2.31. The van der Waals surface area contributed by atoms with Crippen molar-refractivity contribution >= 4 is 28.6 Å². The smallest absolute Gasteiger partial charge is 0.335 e.